The number of carbonyl (C=O) groups excluding carboxylic acids is 1. The van der Waals surface area contributed by atoms with E-state index in [1.165, 1.54) is 11.1 Å². The van der Waals surface area contributed by atoms with E-state index in [0.717, 1.165) is 24.1 Å². The predicted octanol–water partition coefficient (Wildman–Crippen LogP) is 3.94. The fourth-order valence-electron chi connectivity index (χ4n) is 2.45. The molecule has 2 nitrogen and oxygen atoms in total. The third kappa shape index (κ3) is 2.80. The third-order valence-electron chi connectivity index (χ3n) is 3.57. The molecule has 2 aromatic carbocycles. The van der Waals surface area contributed by atoms with Crippen LogP contribution in [0.3, 0.4) is 0 Å². The summed E-state index contributed by atoms with van der Waals surface area (Å²) in [5.74, 6) is 0.114. The molecule has 0 saturated carbocycles. The zero-order valence-corrected chi connectivity index (χ0v) is 11.3. The number of aryl methyl sites for hydroxylation is 1. The highest BCUT2D eigenvalue weighted by molar-refractivity contribution is 5.98. The minimum atomic E-state index is 0.114. The molecule has 0 fully saturated rings. The summed E-state index contributed by atoms with van der Waals surface area (Å²) in [6, 6.07) is 15.7. The van der Waals surface area contributed by atoms with Crippen molar-refractivity contribution in [1.82, 2.24) is 0 Å². The van der Waals surface area contributed by atoms with Crippen LogP contribution in [0.15, 0.2) is 54.6 Å². The van der Waals surface area contributed by atoms with Gasteiger partial charge in [-0.3, -0.25) is 4.79 Å². The van der Waals surface area contributed by atoms with E-state index in [2.05, 4.69) is 29.6 Å². The van der Waals surface area contributed by atoms with Crippen LogP contribution >= 0.6 is 0 Å². The van der Waals surface area contributed by atoms with Crippen LogP contribution < -0.4 is 5.32 Å². The maximum absolute atomic E-state index is 12.0. The molecule has 0 amide bonds. The van der Waals surface area contributed by atoms with E-state index in [1.54, 1.807) is 0 Å². The summed E-state index contributed by atoms with van der Waals surface area (Å²) in [7, 11) is 0. The molecule has 0 aliphatic heterocycles. The van der Waals surface area contributed by atoms with Crippen molar-refractivity contribution in [3.05, 3.63) is 71.3 Å². The molecule has 1 aliphatic rings. The van der Waals surface area contributed by atoms with E-state index in [9.17, 15) is 4.79 Å². The highest BCUT2D eigenvalue weighted by atomic mass is 16.1. The average Bonchev–Trinajstić information content (AvgIpc) is 2.53. The molecule has 0 radical (unpaired) electrons. The molecule has 0 saturated heterocycles. The van der Waals surface area contributed by atoms with Crippen LogP contribution in [0.1, 0.15) is 27.9 Å². The van der Waals surface area contributed by atoms with Gasteiger partial charge >= 0.3 is 0 Å². The first kappa shape index (κ1) is 12.7. The van der Waals surface area contributed by atoms with Crippen molar-refractivity contribution >= 4 is 17.5 Å². The van der Waals surface area contributed by atoms with E-state index < -0.39 is 0 Å². The highest BCUT2D eigenvalue weighted by Gasteiger charge is 2.07. The summed E-state index contributed by atoms with van der Waals surface area (Å²) in [4.78, 5) is 12.0. The van der Waals surface area contributed by atoms with Crippen LogP contribution in [0.4, 0.5) is 5.69 Å². The molecule has 2 heteroatoms. The molecule has 3 rings (SSSR count). The number of anilines is 1. The van der Waals surface area contributed by atoms with Crippen LogP contribution in [-0.4, -0.2) is 12.3 Å². The van der Waals surface area contributed by atoms with Gasteiger partial charge in [-0.1, -0.05) is 48.6 Å². The lowest BCUT2D eigenvalue weighted by atomic mass is 9.97. The number of rotatable bonds is 4. The van der Waals surface area contributed by atoms with Gasteiger partial charge in [-0.2, -0.15) is 0 Å². The minimum absolute atomic E-state index is 0.114. The van der Waals surface area contributed by atoms with Crippen LogP contribution in [0.25, 0.3) is 6.08 Å². The van der Waals surface area contributed by atoms with E-state index in [4.69, 9.17) is 0 Å². The molecule has 0 bridgehead atoms. The Morgan fingerprint density at radius 1 is 1.10 bits per heavy atom. The maximum atomic E-state index is 12.0. The molecule has 0 atom stereocenters. The second-order valence-corrected chi connectivity index (χ2v) is 5.00. The molecule has 20 heavy (non-hydrogen) atoms. The first-order valence-corrected chi connectivity index (χ1v) is 6.94. The number of hydrogen-bond donors (Lipinski definition) is 1. The van der Waals surface area contributed by atoms with Crippen molar-refractivity contribution in [3.8, 4) is 0 Å². The van der Waals surface area contributed by atoms with Gasteiger partial charge in [0, 0.05) is 11.3 Å². The van der Waals surface area contributed by atoms with Crippen molar-refractivity contribution in [2.45, 2.75) is 12.8 Å². The molecule has 0 heterocycles. The number of allylic oxidation sites excluding steroid dienone is 1. The van der Waals surface area contributed by atoms with Gasteiger partial charge in [-0.15, -0.1) is 0 Å². The van der Waals surface area contributed by atoms with Crippen molar-refractivity contribution in [2.24, 2.45) is 0 Å². The summed E-state index contributed by atoms with van der Waals surface area (Å²) in [5.41, 5.74) is 4.41. The number of fused-ring (bicyclic) bond motifs is 1. The number of benzene rings is 2. The lowest BCUT2D eigenvalue weighted by Crippen LogP contribution is -2.14. The number of ketones is 1. The zero-order chi connectivity index (χ0) is 13.8. The Balaban J connectivity index is 1.67. The lowest BCUT2D eigenvalue weighted by molar-refractivity contribution is 0.101. The Labute approximate surface area is 119 Å². The van der Waals surface area contributed by atoms with E-state index >= 15 is 0 Å². The van der Waals surface area contributed by atoms with Crippen LogP contribution in [-0.2, 0) is 6.42 Å². The van der Waals surface area contributed by atoms with E-state index in [1.807, 2.05) is 36.4 Å². The zero-order valence-electron chi connectivity index (χ0n) is 11.3. The molecular weight excluding hydrogens is 246 g/mol. The van der Waals surface area contributed by atoms with Gasteiger partial charge in [0.05, 0.1) is 6.54 Å². The van der Waals surface area contributed by atoms with Gasteiger partial charge in [-0.25, -0.2) is 0 Å². The topological polar surface area (TPSA) is 29.1 Å². The molecule has 0 aromatic heterocycles. The van der Waals surface area contributed by atoms with Gasteiger partial charge in [0.15, 0.2) is 5.78 Å². The molecule has 1 aliphatic carbocycles. The molecule has 2 aromatic rings. The Hall–Kier alpha value is -2.35. The second kappa shape index (κ2) is 5.74. The first-order chi connectivity index (χ1) is 9.83. The van der Waals surface area contributed by atoms with Crippen molar-refractivity contribution < 1.29 is 4.79 Å². The van der Waals surface area contributed by atoms with Gasteiger partial charge in [0.1, 0.15) is 0 Å². The second-order valence-electron chi connectivity index (χ2n) is 5.00. The number of Topliss-reactive ketones (excluding diaryl/α,β-unsaturated/α-hetero) is 1. The van der Waals surface area contributed by atoms with Crippen molar-refractivity contribution in [3.63, 3.8) is 0 Å². The van der Waals surface area contributed by atoms with Crippen LogP contribution in [0, 0.1) is 0 Å². The Morgan fingerprint density at radius 3 is 2.80 bits per heavy atom. The number of carbonyl (C=O) groups is 1. The average molecular weight is 263 g/mol. The fourth-order valence-corrected chi connectivity index (χ4v) is 2.45. The standard InChI is InChI=1S/C18H17NO/c20-18(15-7-2-1-3-8-15)13-19-17-11-10-14-6-4-5-9-16(14)12-17/h1-4,6-8,10-12,19H,5,9,13H2. The lowest BCUT2D eigenvalue weighted by Gasteiger charge is -2.13. The number of nitrogens with one attached hydrogen (secondary N) is 1. The van der Waals surface area contributed by atoms with E-state index in [0.29, 0.717) is 6.54 Å². The normalized spacial score (nSPS) is 12.8. The van der Waals surface area contributed by atoms with E-state index in [-0.39, 0.29) is 5.78 Å². The molecule has 1 N–H and O–H groups in total. The Kier molecular flexibility index (Phi) is 3.64. The Bertz CT molecular complexity index is 644. The summed E-state index contributed by atoms with van der Waals surface area (Å²) in [6.07, 6.45) is 6.54. The molecule has 100 valence electrons. The number of hydrogen-bond acceptors (Lipinski definition) is 2. The summed E-state index contributed by atoms with van der Waals surface area (Å²) >= 11 is 0. The molecule has 0 unspecified atom stereocenters. The fraction of sp³-hybridized carbons (Fsp3) is 0.167. The summed E-state index contributed by atoms with van der Waals surface area (Å²) in [5, 5.41) is 3.22. The van der Waals surface area contributed by atoms with Gasteiger partial charge in [0.2, 0.25) is 0 Å². The SMILES string of the molecule is O=C(CNc1ccc2c(c1)CCC=C2)c1ccccc1. The predicted molar refractivity (Wildman–Crippen MR) is 83.1 cm³/mol. The van der Waals surface area contributed by atoms with Gasteiger partial charge < -0.3 is 5.32 Å². The molecule has 0 spiro atoms. The largest absolute Gasteiger partial charge is 0.378 e. The molecular formula is C18H17NO. The maximum Gasteiger partial charge on any atom is 0.181 e. The van der Waals surface area contributed by atoms with Gasteiger partial charge in [0.25, 0.3) is 0 Å². The minimum Gasteiger partial charge on any atom is -0.378 e. The van der Waals surface area contributed by atoms with Crippen LogP contribution in [0.5, 0.6) is 0 Å². The van der Waals surface area contributed by atoms with Gasteiger partial charge in [-0.05, 0) is 36.1 Å². The summed E-state index contributed by atoms with van der Waals surface area (Å²) in [6.45, 7) is 0.332. The third-order valence-corrected chi connectivity index (χ3v) is 3.57. The smallest absolute Gasteiger partial charge is 0.181 e. The quantitative estimate of drug-likeness (QED) is 0.846. The summed E-state index contributed by atoms with van der Waals surface area (Å²) < 4.78 is 0. The first-order valence-electron chi connectivity index (χ1n) is 6.94. The highest BCUT2D eigenvalue weighted by Crippen LogP contribution is 2.22. The van der Waals surface area contributed by atoms with Crippen LogP contribution in [0.2, 0.25) is 0 Å². The monoisotopic (exact) mass is 263 g/mol. The Morgan fingerprint density at radius 2 is 1.95 bits per heavy atom. The van der Waals surface area contributed by atoms with Crippen molar-refractivity contribution in [1.29, 1.82) is 0 Å². The van der Waals surface area contributed by atoms with Crippen molar-refractivity contribution in [2.75, 3.05) is 11.9 Å².